The molecule has 118 valence electrons. The van der Waals surface area contributed by atoms with E-state index in [9.17, 15) is 9.59 Å². The van der Waals surface area contributed by atoms with E-state index in [4.69, 9.17) is 4.74 Å². The van der Waals surface area contributed by atoms with Crippen LogP contribution in [0.4, 0.5) is 4.79 Å². The summed E-state index contributed by atoms with van der Waals surface area (Å²) in [6.07, 6.45) is -0.420. The van der Waals surface area contributed by atoms with E-state index in [1.165, 1.54) is 7.11 Å². The molecule has 0 aromatic carbocycles. The van der Waals surface area contributed by atoms with Crippen LogP contribution in [0, 0.1) is 11.8 Å². The summed E-state index contributed by atoms with van der Waals surface area (Å²) in [5, 5.41) is 5.78. The molecule has 0 saturated carbocycles. The summed E-state index contributed by atoms with van der Waals surface area (Å²) in [5.74, 6) is 0.287. The van der Waals surface area contributed by atoms with Crippen LogP contribution in [0.15, 0.2) is 0 Å². The van der Waals surface area contributed by atoms with Crippen LogP contribution in [-0.4, -0.2) is 44.4 Å². The molecule has 0 spiro atoms. The van der Waals surface area contributed by atoms with Gasteiger partial charge in [0.15, 0.2) is 0 Å². The van der Waals surface area contributed by atoms with Gasteiger partial charge in [-0.15, -0.1) is 0 Å². The molecular weight excluding hydrogens is 260 g/mol. The van der Waals surface area contributed by atoms with Crippen molar-refractivity contribution < 1.29 is 19.1 Å². The standard InChI is InChI=1S/C14H28N2O4/c1-10(2)11(7-15-9-12(17)19-6)8-16-13(18)20-14(3,4)5/h10-11,15H,7-9H2,1-6H3,(H,16,18). The molecule has 0 aromatic heterocycles. The summed E-state index contributed by atoms with van der Waals surface area (Å²) in [6, 6.07) is 0. The number of ether oxygens (including phenoxy) is 2. The quantitative estimate of drug-likeness (QED) is 0.695. The van der Waals surface area contributed by atoms with Crippen molar-refractivity contribution in [2.75, 3.05) is 26.7 Å². The lowest BCUT2D eigenvalue weighted by Gasteiger charge is -2.24. The molecule has 0 radical (unpaired) electrons. The number of amides is 1. The number of carbonyl (C=O) groups excluding carboxylic acids is 2. The number of carbonyl (C=O) groups is 2. The summed E-state index contributed by atoms with van der Waals surface area (Å²) in [4.78, 5) is 22.6. The van der Waals surface area contributed by atoms with Gasteiger partial charge in [0.1, 0.15) is 5.60 Å². The second-order valence-corrected chi connectivity index (χ2v) is 6.09. The van der Waals surface area contributed by atoms with E-state index in [2.05, 4.69) is 29.2 Å². The van der Waals surface area contributed by atoms with E-state index in [-0.39, 0.29) is 18.4 Å². The second kappa shape index (κ2) is 8.79. The summed E-state index contributed by atoms with van der Waals surface area (Å²) in [5.41, 5.74) is -0.499. The van der Waals surface area contributed by atoms with Crippen molar-refractivity contribution in [1.29, 1.82) is 0 Å². The zero-order valence-corrected chi connectivity index (χ0v) is 13.4. The van der Waals surface area contributed by atoms with Crippen LogP contribution in [0.5, 0.6) is 0 Å². The number of hydrogen-bond donors (Lipinski definition) is 2. The minimum atomic E-state index is -0.499. The molecule has 0 heterocycles. The molecule has 0 aliphatic rings. The van der Waals surface area contributed by atoms with Gasteiger partial charge in [0.25, 0.3) is 0 Å². The third-order valence-corrected chi connectivity index (χ3v) is 2.75. The average Bonchev–Trinajstić information content (AvgIpc) is 2.30. The van der Waals surface area contributed by atoms with E-state index in [1.54, 1.807) is 0 Å². The maximum absolute atomic E-state index is 11.6. The average molecular weight is 288 g/mol. The molecule has 0 aromatic rings. The largest absolute Gasteiger partial charge is 0.468 e. The fraction of sp³-hybridized carbons (Fsp3) is 0.857. The minimum absolute atomic E-state index is 0.173. The van der Waals surface area contributed by atoms with Gasteiger partial charge in [-0.25, -0.2) is 4.79 Å². The number of esters is 1. The smallest absolute Gasteiger partial charge is 0.407 e. The Labute approximate surface area is 121 Å². The Balaban J connectivity index is 4.09. The van der Waals surface area contributed by atoms with Crippen LogP contribution in [0.2, 0.25) is 0 Å². The van der Waals surface area contributed by atoms with Crippen LogP contribution in [-0.2, 0) is 14.3 Å². The maximum atomic E-state index is 11.6. The van der Waals surface area contributed by atoms with Crippen molar-refractivity contribution >= 4 is 12.1 Å². The van der Waals surface area contributed by atoms with Crippen molar-refractivity contribution in [1.82, 2.24) is 10.6 Å². The van der Waals surface area contributed by atoms with Crippen LogP contribution < -0.4 is 10.6 Å². The number of hydrogen-bond acceptors (Lipinski definition) is 5. The Morgan fingerprint density at radius 3 is 2.20 bits per heavy atom. The highest BCUT2D eigenvalue weighted by atomic mass is 16.6. The summed E-state index contributed by atoms with van der Waals surface area (Å²) >= 11 is 0. The van der Waals surface area contributed by atoms with Crippen molar-refractivity contribution in [2.24, 2.45) is 11.8 Å². The van der Waals surface area contributed by atoms with Gasteiger partial charge in [-0.2, -0.15) is 0 Å². The Hall–Kier alpha value is -1.30. The number of rotatable bonds is 7. The Morgan fingerprint density at radius 1 is 1.15 bits per heavy atom. The molecule has 1 amide bonds. The van der Waals surface area contributed by atoms with Gasteiger partial charge >= 0.3 is 12.1 Å². The molecule has 0 aliphatic heterocycles. The van der Waals surface area contributed by atoms with Crippen LogP contribution in [0.25, 0.3) is 0 Å². The highest BCUT2D eigenvalue weighted by Gasteiger charge is 2.19. The highest BCUT2D eigenvalue weighted by Crippen LogP contribution is 2.10. The van der Waals surface area contributed by atoms with E-state index in [1.807, 2.05) is 20.8 Å². The Morgan fingerprint density at radius 2 is 1.75 bits per heavy atom. The van der Waals surface area contributed by atoms with E-state index in [0.29, 0.717) is 19.0 Å². The molecule has 0 bridgehead atoms. The van der Waals surface area contributed by atoms with E-state index < -0.39 is 11.7 Å². The number of nitrogens with one attached hydrogen (secondary N) is 2. The highest BCUT2D eigenvalue weighted by molar-refractivity contribution is 5.71. The van der Waals surface area contributed by atoms with Gasteiger partial charge in [0.05, 0.1) is 13.7 Å². The Kier molecular flexibility index (Phi) is 8.22. The SMILES string of the molecule is COC(=O)CNCC(CNC(=O)OC(C)(C)C)C(C)C. The van der Waals surface area contributed by atoms with Gasteiger partial charge in [-0.05, 0) is 32.6 Å². The molecule has 0 saturated heterocycles. The predicted octanol–water partition coefficient (Wildman–Crippen LogP) is 1.55. The van der Waals surface area contributed by atoms with Gasteiger partial charge in [0.2, 0.25) is 0 Å². The van der Waals surface area contributed by atoms with Crippen molar-refractivity contribution in [2.45, 2.75) is 40.2 Å². The van der Waals surface area contributed by atoms with Crippen LogP contribution >= 0.6 is 0 Å². The summed E-state index contributed by atoms with van der Waals surface area (Å²) in [6.45, 7) is 10.9. The fourth-order valence-electron chi connectivity index (χ4n) is 1.50. The van der Waals surface area contributed by atoms with Crippen LogP contribution in [0.1, 0.15) is 34.6 Å². The molecule has 2 N–H and O–H groups in total. The second-order valence-electron chi connectivity index (χ2n) is 6.09. The van der Waals surface area contributed by atoms with Crippen molar-refractivity contribution in [3.05, 3.63) is 0 Å². The molecule has 0 rings (SSSR count). The lowest BCUT2D eigenvalue weighted by Crippen LogP contribution is -2.40. The molecule has 6 heteroatoms. The first-order valence-electron chi connectivity index (χ1n) is 6.90. The maximum Gasteiger partial charge on any atom is 0.407 e. The minimum Gasteiger partial charge on any atom is -0.468 e. The first kappa shape index (κ1) is 18.7. The van der Waals surface area contributed by atoms with Gasteiger partial charge in [-0.1, -0.05) is 13.8 Å². The monoisotopic (exact) mass is 288 g/mol. The van der Waals surface area contributed by atoms with Gasteiger partial charge in [-0.3, -0.25) is 4.79 Å². The van der Waals surface area contributed by atoms with Crippen molar-refractivity contribution in [3.8, 4) is 0 Å². The number of methoxy groups -OCH3 is 1. The lowest BCUT2D eigenvalue weighted by atomic mass is 9.96. The molecule has 6 nitrogen and oxygen atoms in total. The zero-order chi connectivity index (χ0) is 15.8. The summed E-state index contributed by atoms with van der Waals surface area (Å²) < 4.78 is 9.74. The molecule has 1 atom stereocenters. The van der Waals surface area contributed by atoms with Crippen LogP contribution in [0.3, 0.4) is 0 Å². The predicted molar refractivity (Wildman–Crippen MR) is 77.5 cm³/mol. The lowest BCUT2D eigenvalue weighted by molar-refractivity contribution is -0.139. The summed E-state index contributed by atoms with van der Waals surface area (Å²) in [7, 11) is 1.36. The first-order chi connectivity index (χ1) is 9.15. The fourth-order valence-corrected chi connectivity index (χ4v) is 1.50. The zero-order valence-electron chi connectivity index (χ0n) is 13.4. The first-order valence-corrected chi connectivity index (χ1v) is 6.90. The molecule has 0 aliphatic carbocycles. The third-order valence-electron chi connectivity index (χ3n) is 2.75. The van der Waals surface area contributed by atoms with Gasteiger partial charge < -0.3 is 20.1 Å². The third kappa shape index (κ3) is 9.61. The molecule has 1 unspecified atom stereocenters. The molecule has 20 heavy (non-hydrogen) atoms. The molecule has 0 fully saturated rings. The topological polar surface area (TPSA) is 76.7 Å². The van der Waals surface area contributed by atoms with E-state index in [0.717, 1.165) is 0 Å². The Bertz CT molecular complexity index is 311. The van der Waals surface area contributed by atoms with Gasteiger partial charge in [0, 0.05) is 13.1 Å². The normalized spacial score (nSPS) is 12.9. The number of alkyl carbamates (subject to hydrolysis) is 1. The van der Waals surface area contributed by atoms with E-state index >= 15 is 0 Å². The van der Waals surface area contributed by atoms with Crippen molar-refractivity contribution in [3.63, 3.8) is 0 Å². The molecular formula is C14H28N2O4.